The van der Waals surface area contributed by atoms with Gasteiger partial charge in [0.1, 0.15) is 5.60 Å². The maximum absolute atomic E-state index is 5.29. The maximum atomic E-state index is 5.29. The van der Waals surface area contributed by atoms with E-state index >= 15 is 0 Å². The summed E-state index contributed by atoms with van der Waals surface area (Å²) < 4.78 is 10.5. The van der Waals surface area contributed by atoms with Gasteiger partial charge in [0.15, 0.2) is 0 Å². The van der Waals surface area contributed by atoms with Crippen LogP contribution < -0.4 is 5.32 Å². The second kappa shape index (κ2) is 5.41. The highest BCUT2D eigenvalue weighted by Crippen LogP contribution is 2.20. The highest BCUT2D eigenvalue weighted by Gasteiger charge is 2.26. The van der Waals surface area contributed by atoms with E-state index in [1.165, 1.54) is 0 Å². The molecule has 0 spiro atoms. The van der Waals surface area contributed by atoms with E-state index in [-0.39, 0.29) is 0 Å². The molecule has 1 atom stereocenters. The fraction of sp³-hybridized carbons (Fsp3) is 0.818. The van der Waals surface area contributed by atoms with Gasteiger partial charge >= 0.3 is 0 Å². The molecule has 1 rings (SSSR count). The Morgan fingerprint density at radius 1 is 1.50 bits per heavy atom. The summed E-state index contributed by atoms with van der Waals surface area (Å²) in [4.78, 5) is 4.33. The number of nitrogens with zero attached hydrogens (tertiary/aromatic N) is 2. The zero-order valence-corrected chi connectivity index (χ0v) is 10.7. The fourth-order valence-corrected chi connectivity index (χ4v) is 1.18. The van der Waals surface area contributed by atoms with Gasteiger partial charge in [-0.2, -0.15) is 4.98 Å². The number of rotatable bonds is 6. The third-order valence-corrected chi connectivity index (χ3v) is 2.80. The quantitative estimate of drug-likeness (QED) is 0.798. The number of hydrogen-bond acceptors (Lipinski definition) is 5. The molecule has 92 valence electrons. The van der Waals surface area contributed by atoms with Gasteiger partial charge in [-0.3, -0.25) is 0 Å². The van der Waals surface area contributed by atoms with Crippen LogP contribution in [-0.2, 0) is 16.8 Å². The molecular weight excluding hydrogens is 206 g/mol. The lowest BCUT2D eigenvalue weighted by molar-refractivity contribution is 0.00973. The monoisotopic (exact) mass is 227 g/mol. The smallest absolute Gasteiger partial charge is 0.226 e. The summed E-state index contributed by atoms with van der Waals surface area (Å²) >= 11 is 0. The highest BCUT2D eigenvalue weighted by molar-refractivity contribution is 4.97. The van der Waals surface area contributed by atoms with E-state index in [9.17, 15) is 0 Å². The molecule has 1 aromatic rings. The lowest BCUT2D eigenvalue weighted by atomic mass is 10.1. The topological polar surface area (TPSA) is 60.2 Å². The van der Waals surface area contributed by atoms with E-state index in [0.717, 1.165) is 12.8 Å². The molecule has 0 aliphatic heterocycles. The van der Waals surface area contributed by atoms with Crippen LogP contribution in [0.2, 0.25) is 0 Å². The molecular formula is C11H21N3O2. The Hall–Kier alpha value is -0.940. The molecule has 0 radical (unpaired) electrons. The van der Waals surface area contributed by atoms with Crippen molar-refractivity contribution in [3.63, 3.8) is 0 Å². The predicted molar refractivity (Wildman–Crippen MR) is 61.2 cm³/mol. The van der Waals surface area contributed by atoms with Crippen LogP contribution in [0, 0.1) is 0 Å². The number of aryl methyl sites for hydroxylation is 1. The molecule has 0 saturated heterocycles. The molecule has 1 aromatic heterocycles. The molecule has 0 bridgehead atoms. The minimum absolute atomic E-state index is 0.450. The summed E-state index contributed by atoms with van der Waals surface area (Å²) in [5.74, 6) is 1.27. The third-order valence-electron chi connectivity index (χ3n) is 2.80. The zero-order valence-electron chi connectivity index (χ0n) is 10.7. The Labute approximate surface area is 96.6 Å². The Bertz CT molecular complexity index is 323. The average Bonchev–Trinajstić information content (AvgIpc) is 2.75. The van der Waals surface area contributed by atoms with Gasteiger partial charge < -0.3 is 14.6 Å². The van der Waals surface area contributed by atoms with Crippen LogP contribution in [0.25, 0.3) is 0 Å². The van der Waals surface area contributed by atoms with Crippen molar-refractivity contribution in [2.75, 3.05) is 14.2 Å². The summed E-state index contributed by atoms with van der Waals surface area (Å²) in [6.07, 6.45) is 1.76. The molecule has 0 saturated carbocycles. The van der Waals surface area contributed by atoms with Gasteiger partial charge in [-0.1, -0.05) is 5.16 Å². The number of ether oxygens (including phenoxy) is 1. The van der Waals surface area contributed by atoms with Gasteiger partial charge in [0.2, 0.25) is 11.7 Å². The molecule has 0 fully saturated rings. The molecule has 0 amide bonds. The fourth-order valence-electron chi connectivity index (χ4n) is 1.18. The minimum Gasteiger partial charge on any atom is -0.371 e. The maximum Gasteiger partial charge on any atom is 0.226 e. The number of nitrogens with one attached hydrogen (secondary N) is 1. The van der Waals surface area contributed by atoms with Gasteiger partial charge in [-0.25, -0.2) is 0 Å². The summed E-state index contributed by atoms with van der Waals surface area (Å²) in [6.45, 7) is 5.95. The van der Waals surface area contributed by atoms with Gasteiger partial charge in [-0.05, 0) is 34.2 Å². The first-order valence-electron chi connectivity index (χ1n) is 5.55. The molecule has 16 heavy (non-hydrogen) atoms. The van der Waals surface area contributed by atoms with Crippen molar-refractivity contribution in [1.82, 2.24) is 15.5 Å². The normalized spacial score (nSPS) is 14.1. The Morgan fingerprint density at radius 3 is 2.75 bits per heavy atom. The number of methoxy groups -OCH3 is 1. The van der Waals surface area contributed by atoms with E-state index in [4.69, 9.17) is 9.26 Å². The van der Waals surface area contributed by atoms with Crippen molar-refractivity contribution in [2.45, 2.75) is 45.3 Å². The van der Waals surface area contributed by atoms with E-state index < -0.39 is 5.60 Å². The van der Waals surface area contributed by atoms with Crippen molar-refractivity contribution >= 4 is 0 Å². The van der Waals surface area contributed by atoms with E-state index in [2.05, 4.69) is 22.4 Å². The van der Waals surface area contributed by atoms with Crippen LogP contribution in [-0.4, -0.2) is 30.3 Å². The molecule has 0 aliphatic rings. The van der Waals surface area contributed by atoms with Crippen molar-refractivity contribution in [1.29, 1.82) is 0 Å². The van der Waals surface area contributed by atoms with E-state index in [1.807, 2.05) is 20.9 Å². The summed E-state index contributed by atoms with van der Waals surface area (Å²) in [5, 5.41) is 7.10. The van der Waals surface area contributed by atoms with Crippen LogP contribution >= 0.6 is 0 Å². The third kappa shape index (κ3) is 3.28. The van der Waals surface area contributed by atoms with E-state index in [0.29, 0.717) is 17.8 Å². The first-order chi connectivity index (χ1) is 7.49. The summed E-state index contributed by atoms with van der Waals surface area (Å²) in [6, 6.07) is 0.450. The van der Waals surface area contributed by atoms with Crippen LogP contribution in [0.3, 0.4) is 0 Å². The molecule has 0 aromatic carbocycles. The van der Waals surface area contributed by atoms with Gasteiger partial charge in [0, 0.05) is 19.6 Å². The number of hydrogen-bond donors (Lipinski definition) is 1. The largest absolute Gasteiger partial charge is 0.371 e. The Kier molecular flexibility index (Phi) is 4.44. The predicted octanol–water partition coefficient (Wildman–Crippen LogP) is 1.49. The van der Waals surface area contributed by atoms with Gasteiger partial charge in [0.05, 0.1) is 0 Å². The first-order valence-corrected chi connectivity index (χ1v) is 5.55. The first kappa shape index (κ1) is 13.1. The molecule has 5 heteroatoms. The van der Waals surface area contributed by atoms with Crippen LogP contribution in [0.1, 0.15) is 38.9 Å². The Morgan fingerprint density at radius 2 is 2.19 bits per heavy atom. The second-order valence-corrected chi connectivity index (χ2v) is 4.45. The standard InChI is InChI=1S/C11H21N3O2/c1-8(12-4)6-7-9-13-10(14-16-9)11(2,3)15-5/h8,12H,6-7H2,1-5H3. The Balaban J connectivity index is 2.58. The molecule has 1 unspecified atom stereocenters. The second-order valence-electron chi connectivity index (χ2n) is 4.45. The molecule has 0 aliphatic carbocycles. The van der Waals surface area contributed by atoms with Crippen LogP contribution in [0.4, 0.5) is 0 Å². The van der Waals surface area contributed by atoms with Crippen LogP contribution in [0.5, 0.6) is 0 Å². The minimum atomic E-state index is -0.490. The lowest BCUT2D eigenvalue weighted by Gasteiger charge is -2.17. The van der Waals surface area contributed by atoms with Crippen molar-refractivity contribution in [3.05, 3.63) is 11.7 Å². The summed E-state index contributed by atoms with van der Waals surface area (Å²) in [5.41, 5.74) is -0.490. The zero-order chi connectivity index (χ0) is 12.2. The SMILES string of the molecule is CNC(C)CCc1nc(C(C)(C)OC)no1. The van der Waals surface area contributed by atoms with Gasteiger partial charge in [0.25, 0.3) is 0 Å². The van der Waals surface area contributed by atoms with Crippen molar-refractivity contribution in [2.24, 2.45) is 0 Å². The molecule has 1 N–H and O–H groups in total. The van der Waals surface area contributed by atoms with Crippen molar-refractivity contribution < 1.29 is 9.26 Å². The highest BCUT2D eigenvalue weighted by atomic mass is 16.5. The van der Waals surface area contributed by atoms with E-state index in [1.54, 1.807) is 7.11 Å². The lowest BCUT2D eigenvalue weighted by Crippen LogP contribution is -2.22. The average molecular weight is 227 g/mol. The van der Waals surface area contributed by atoms with Crippen molar-refractivity contribution in [3.8, 4) is 0 Å². The van der Waals surface area contributed by atoms with Gasteiger partial charge in [-0.15, -0.1) is 0 Å². The summed E-state index contributed by atoms with van der Waals surface area (Å²) in [7, 11) is 3.58. The molecule has 5 nitrogen and oxygen atoms in total. The number of aromatic nitrogens is 2. The molecule has 1 heterocycles. The van der Waals surface area contributed by atoms with Crippen LogP contribution in [0.15, 0.2) is 4.52 Å².